The quantitative estimate of drug-likeness (QED) is 0.833. The van der Waals surface area contributed by atoms with Gasteiger partial charge in [-0.2, -0.15) is 0 Å². The monoisotopic (exact) mass is 255 g/mol. The van der Waals surface area contributed by atoms with Gasteiger partial charge >= 0.3 is 5.97 Å². The highest BCUT2D eigenvalue weighted by atomic mass is 32.1. The van der Waals surface area contributed by atoms with Crippen LogP contribution in [0.2, 0.25) is 0 Å². The van der Waals surface area contributed by atoms with Crippen LogP contribution in [0.1, 0.15) is 22.6 Å². The first-order chi connectivity index (χ1) is 8.15. The van der Waals surface area contributed by atoms with Crippen LogP contribution in [0.5, 0.6) is 0 Å². The van der Waals surface area contributed by atoms with E-state index in [1.165, 1.54) is 17.7 Å². The van der Waals surface area contributed by atoms with Crippen molar-refractivity contribution in [3.05, 3.63) is 21.9 Å². The lowest BCUT2D eigenvalue weighted by Crippen LogP contribution is -2.21. The summed E-state index contributed by atoms with van der Waals surface area (Å²) < 4.78 is 0. The van der Waals surface area contributed by atoms with E-state index < -0.39 is 12.1 Å². The minimum absolute atomic E-state index is 0.208. The molecule has 0 amide bonds. The van der Waals surface area contributed by atoms with Crippen LogP contribution in [0, 0.1) is 0 Å². The number of hydrogen-bond donors (Lipinski definition) is 2. The Labute approximate surface area is 104 Å². The molecule has 0 spiro atoms. The Morgan fingerprint density at radius 2 is 2.00 bits per heavy atom. The summed E-state index contributed by atoms with van der Waals surface area (Å²) in [5.41, 5.74) is 0. The first-order valence-electron chi connectivity index (χ1n) is 5.86. The van der Waals surface area contributed by atoms with Crippen LogP contribution in [-0.4, -0.2) is 40.3 Å². The highest BCUT2D eigenvalue weighted by molar-refractivity contribution is 7.12. The van der Waals surface area contributed by atoms with E-state index in [1.54, 1.807) is 11.3 Å². The Kier molecular flexibility index (Phi) is 4.15. The van der Waals surface area contributed by atoms with Gasteiger partial charge in [0.1, 0.15) is 0 Å². The fraction of sp³-hybridized carbons (Fsp3) is 0.583. The Bertz CT molecular complexity index is 385. The molecule has 1 aliphatic heterocycles. The number of hydrogen-bond acceptors (Lipinski definition) is 4. The number of carboxylic acids is 1. The van der Waals surface area contributed by atoms with E-state index in [4.69, 9.17) is 5.11 Å². The Hall–Kier alpha value is -0.910. The summed E-state index contributed by atoms with van der Waals surface area (Å²) in [4.78, 5) is 15.1. The van der Waals surface area contributed by atoms with Crippen LogP contribution < -0.4 is 0 Å². The molecule has 0 radical (unpaired) electrons. The molecule has 1 saturated heterocycles. The Morgan fingerprint density at radius 1 is 1.35 bits per heavy atom. The van der Waals surface area contributed by atoms with E-state index in [0.717, 1.165) is 24.5 Å². The first-order valence-corrected chi connectivity index (χ1v) is 6.67. The zero-order valence-electron chi connectivity index (χ0n) is 9.63. The fourth-order valence-corrected chi connectivity index (χ4v) is 3.15. The molecule has 1 aliphatic rings. The van der Waals surface area contributed by atoms with Crippen LogP contribution in [-0.2, 0) is 17.8 Å². The van der Waals surface area contributed by atoms with Crippen molar-refractivity contribution in [2.24, 2.45) is 0 Å². The van der Waals surface area contributed by atoms with Crippen LogP contribution in [0.3, 0.4) is 0 Å². The van der Waals surface area contributed by atoms with Crippen molar-refractivity contribution in [3.8, 4) is 0 Å². The van der Waals surface area contributed by atoms with E-state index in [9.17, 15) is 9.90 Å². The molecule has 2 rings (SSSR count). The molecule has 1 fully saturated rings. The van der Waals surface area contributed by atoms with Crippen LogP contribution in [0.25, 0.3) is 0 Å². The predicted molar refractivity (Wildman–Crippen MR) is 66.2 cm³/mol. The highest BCUT2D eigenvalue weighted by Crippen LogP contribution is 2.21. The number of thiophene rings is 1. The fourth-order valence-electron chi connectivity index (χ4n) is 2.06. The topological polar surface area (TPSA) is 60.8 Å². The van der Waals surface area contributed by atoms with E-state index in [-0.39, 0.29) is 6.42 Å². The van der Waals surface area contributed by atoms with Gasteiger partial charge in [0.15, 0.2) is 6.10 Å². The number of rotatable bonds is 5. The van der Waals surface area contributed by atoms with Crippen molar-refractivity contribution < 1.29 is 15.0 Å². The molecule has 0 aromatic carbocycles. The summed E-state index contributed by atoms with van der Waals surface area (Å²) in [5, 5.41) is 17.9. The summed E-state index contributed by atoms with van der Waals surface area (Å²) in [6, 6.07) is 3.95. The average molecular weight is 255 g/mol. The second-order valence-corrected chi connectivity index (χ2v) is 5.66. The number of carboxylic acid groups (broad SMARTS) is 1. The van der Waals surface area contributed by atoms with Crippen molar-refractivity contribution in [3.63, 3.8) is 0 Å². The van der Waals surface area contributed by atoms with E-state index in [1.807, 2.05) is 12.1 Å². The van der Waals surface area contributed by atoms with Crippen molar-refractivity contribution in [1.29, 1.82) is 0 Å². The second-order valence-electron chi connectivity index (χ2n) is 4.41. The molecule has 0 bridgehead atoms. The standard InChI is InChI=1S/C12H17NO3S/c14-11(12(15)16)7-9-3-4-10(17-9)8-13-5-1-2-6-13/h3-4,11,14H,1-2,5-8H2,(H,15,16). The molecular formula is C12H17NO3S. The molecule has 1 unspecified atom stereocenters. The number of likely N-dealkylation sites (tertiary alicyclic amines) is 1. The van der Waals surface area contributed by atoms with Gasteiger partial charge in [-0.15, -0.1) is 11.3 Å². The molecule has 1 aromatic rings. The van der Waals surface area contributed by atoms with Gasteiger partial charge < -0.3 is 10.2 Å². The largest absolute Gasteiger partial charge is 0.479 e. The Morgan fingerprint density at radius 3 is 2.65 bits per heavy atom. The maximum Gasteiger partial charge on any atom is 0.332 e. The molecule has 4 nitrogen and oxygen atoms in total. The summed E-state index contributed by atoms with van der Waals surface area (Å²) >= 11 is 1.60. The molecular weight excluding hydrogens is 238 g/mol. The minimum Gasteiger partial charge on any atom is -0.479 e. The average Bonchev–Trinajstić information content (AvgIpc) is 2.91. The minimum atomic E-state index is -1.28. The second kappa shape index (κ2) is 5.62. The van der Waals surface area contributed by atoms with Gasteiger partial charge in [0.2, 0.25) is 0 Å². The van der Waals surface area contributed by atoms with E-state index in [2.05, 4.69) is 4.90 Å². The molecule has 2 N–H and O–H groups in total. The zero-order valence-corrected chi connectivity index (χ0v) is 10.4. The first kappa shape index (κ1) is 12.5. The summed E-state index contributed by atoms with van der Waals surface area (Å²) in [5.74, 6) is -1.15. The normalized spacial score (nSPS) is 18.4. The molecule has 1 aromatic heterocycles. The maximum atomic E-state index is 10.5. The maximum absolute atomic E-state index is 10.5. The number of aliphatic hydroxyl groups excluding tert-OH is 1. The summed E-state index contributed by atoms with van der Waals surface area (Å²) in [6.45, 7) is 3.27. The molecule has 5 heteroatoms. The number of carbonyl (C=O) groups is 1. The van der Waals surface area contributed by atoms with Gasteiger partial charge in [0.25, 0.3) is 0 Å². The van der Waals surface area contributed by atoms with Gasteiger partial charge in [-0.3, -0.25) is 4.90 Å². The third-order valence-corrected chi connectivity index (χ3v) is 4.07. The lowest BCUT2D eigenvalue weighted by Gasteiger charge is -2.12. The van der Waals surface area contributed by atoms with Gasteiger partial charge in [-0.25, -0.2) is 4.79 Å². The molecule has 0 aliphatic carbocycles. The molecule has 0 saturated carbocycles. The lowest BCUT2D eigenvalue weighted by molar-refractivity contribution is -0.146. The molecule has 94 valence electrons. The van der Waals surface area contributed by atoms with Gasteiger partial charge in [-0.05, 0) is 38.1 Å². The summed E-state index contributed by atoms with van der Waals surface area (Å²) in [7, 11) is 0. The lowest BCUT2D eigenvalue weighted by atomic mass is 10.2. The van der Waals surface area contributed by atoms with Crippen LogP contribution in [0.15, 0.2) is 12.1 Å². The van der Waals surface area contributed by atoms with Crippen molar-refractivity contribution in [1.82, 2.24) is 4.90 Å². The molecule has 1 atom stereocenters. The molecule has 17 heavy (non-hydrogen) atoms. The van der Waals surface area contributed by atoms with Crippen molar-refractivity contribution in [2.75, 3.05) is 13.1 Å². The number of nitrogens with zero attached hydrogens (tertiary/aromatic N) is 1. The Balaban J connectivity index is 1.88. The van der Waals surface area contributed by atoms with E-state index >= 15 is 0 Å². The van der Waals surface area contributed by atoms with Gasteiger partial charge in [-0.1, -0.05) is 0 Å². The number of aliphatic hydroxyl groups is 1. The van der Waals surface area contributed by atoms with Crippen molar-refractivity contribution >= 4 is 17.3 Å². The van der Waals surface area contributed by atoms with Crippen LogP contribution in [0.4, 0.5) is 0 Å². The number of aliphatic carboxylic acids is 1. The van der Waals surface area contributed by atoms with Crippen molar-refractivity contribution in [2.45, 2.75) is 31.9 Å². The SMILES string of the molecule is O=C(O)C(O)Cc1ccc(CN2CCCC2)s1. The van der Waals surface area contributed by atoms with Gasteiger partial charge in [0, 0.05) is 22.7 Å². The third kappa shape index (κ3) is 3.52. The zero-order chi connectivity index (χ0) is 12.3. The smallest absolute Gasteiger partial charge is 0.332 e. The molecule has 2 heterocycles. The van der Waals surface area contributed by atoms with Gasteiger partial charge in [0.05, 0.1) is 0 Å². The highest BCUT2D eigenvalue weighted by Gasteiger charge is 2.16. The summed E-state index contributed by atoms with van der Waals surface area (Å²) in [6.07, 6.45) is 1.47. The van der Waals surface area contributed by atoms with Crippen LogP contribution >= 0.6 is 11.3 Å². The third-order valence-electron chi connectivity index (χ3n) is 2.98. The van der Waals surface area contributed by atoms with E-state index in [0.29, 0.717) is 0 Å². The predicted octanol–water partition coefficient (Wildman–Crippen LogP) is 1.33.